The molecular formula is C17H25N3O2. The van der Waals surface area contributed by atoms with Crippen LogP contribution in [0.15, 0.2) is 34.7 Å². The van der Waals surface area contributed by atoms with Gasteiger partial charge in [-0.3, -0.25) is 4.90 Å². The van der Waals surface area contributed by atoms with Crippen LogP contribution in [0.2, 0.25) is 0 Å². The smallest absolute Gasteiger partial charge is 0.247 e. The van der Waals surface area contributed by atoms with E-state index in [0.717, 1.165) is 25.1 Å². The summed E-state index contributed by atoms with van der Waals surface area (Å²) in [5.41, 5.74) is 1.11. The standard InChI is InChI=1S/C17H25N3O2/c1-17(2,3)13-20(10-7-11-21)12-15-18-19-16(22-15)14-8-5-4-6-9-14/h4-6,8-9,21H,7,10-13H2,1-3H3. The summed E-state index contributed by atoms with van der Waals surface area (Å²) in [6.07, 6.45) is 0.746. The summed E-state index contributed by atoms with van der Waals surface area (Å²) in [5, 5.41) is 17.3. The third-order valence-corrected chi connectivity index (χ3v) is 3.18. The monoisotopic (exact) mass is 303 g/mol. The van der Waals surface area contributed by atoms with Crippen molar-refractivity contribution >= 4 is 0 Å². The highest BCUT2D eigenvalue weighted by atomic mass is 16.4. The molecule has 0 amide bonds. The topological polar surface area (TPSA) is 62.4 Å². The van der Waals surface area contributed by atoms with E-state index < -0.39 is 0 Å². The molecular weight excluding hydrogens is 278 g/mol. The lowest BCUT2D eigenvalue weighted by Gasteiger charge is -2.28. The molecule has 0 spiro atoms. The van der Waals surface area contributed by atoms with E-state index >= 15 is 0 Å². The predicted molar refractivity (Wildman–Crippen MR) is 86.2 cm³/mol. The van der Waals surface area contributed by atoms with Gasteiger partial charge in [-0.1, -0.05) is 39.0 Å². The van der Waals surface area contributed by atoms with Gasteiger partial charge in [0.05, 0.1) is 6.54 Å². The van der Waals surface area contributed by atoms with Crippen molar-refractivity contribution in [3.8, 4) is 11.5 Å². The zero-order chi connectivity index (χ0) is 16.0. The highest BCUT2D eigenvalue weighted by molar-refractivity contribution is 5.51. The molecule has 1 aromatic heterocycles. The first kappa shape index (κ1) is 16.6. The van der Waals surface area contributed by atoms with Crippen LogP contribution in [0.25, 0.3) is 11.5 Å². The number of rotatable bonds is 7. The largest absolute Gasteiger partial charge is 0.419 e. The molecule has 5 nitrogen and oxygen atoms in total. The summed E-state index contributed by atoms with van der Waals surface area (Å²) in [4.78, 5) is 2.25. The number of aromatic nitrogens is 2. The van der Waals surface area contributed by atoms with Gasteiger partial charge in [-0.15, -0.1) is 10.2 Å². The SMILES string of the molecule is CC(C)(C)CN(CCCO)Cc1nnc(-c2ccccc2)o1. The minimum absolute atomic E-state index is 0.178. The van der Waals surface area contributed by atoms with Crippen LogP contribution < -0.4 is 0 Å². The van der Waals surface area contributed by atoms with Gasteiger partial charge in [-0.25, -0.2) is 0 Å². The molecule has 0 unspecified atom stereocenters. The summed E-state index contributed by atoms with van der Waals surface area (Å²) in [5.74, 6) is 1.16. The molecule has 2 aromatic rings. The predicted octanol–water partition coefficient (Wildman–Crippen LogP) is 2.97. The molecule has 0 aliphatic heterocycles. The summed E-state index contributed by atoms with van der Waals surface area (Å²) < 4.78 is 5.77. The minimum atomic E-state index is 0.178. The fourth-order valence-electron chi connectivity index (χ4n) is 2.39. The molecule has 0 bridgehead atoms. The van der Waals surface area contributed by atoms with Gasteiger partial charge < -0.3 is 9.52 Å². The van der Waals surface area contributed by atoms with Crippen LogP contribution in [0.1, 0.15) is 33.1 Å². The Morgan fingerprint density at radius 2 is 1.86 bits per heavy atom. The first-order valence-corrected chi connectivity index (χ1v) is 7.69. The van der Waals surface area contributed by atoms with Gasteiger partial charge in [0.2, 0.25) is 11.8 Å². The van der Waals surface area contributed by atoms with Gasteiger partial charge in [0.25, 0.3) is 0 Å². The van der Waals surface area contributed by atoms with Crippen LogP contribution in [-0.4, -0.2) is 39.9 Å². The third kappa shape index (κ3) is 5.24. The van der Waals surface area contributed by atoms with Crippen molar-refractivity contribution in [2.45, 2.75) is 33.7 Å². The van der Waals surface area contributed by atoms with Crippen LogP contribution >= 0.6 is 0 Å². The Morgan fingerprint density at radius 1 is 1.14 bits per heavy atom. The molecule has 0 aliphatic carbocycles. The number of hydrogen-bond donors (Lipinski definition) is 1. The van der Waals surface area contributed by atoms with Crippen molar-refractivity contribution in [2.75, 3.05) is 19.7 Å². The van der Waals surface area contributed by atoms with E-state index in [-0.39, 0.29) is 12.0 Å². The van der Waals surface area contributed by atoms with Crippen molar-refractivity contribution in [3.63, 3.8) is 0 Å². The maximum Gasteiger partial charge on any atom is 0.247 e. The van der Waals surface area contributed by atoms with E-state index in [0.29, 0.717) is 18.3 Å². The normalized spacial score (nSPS) is 12.0. The summed E-state index contributed by atoms with van der Waals surface area (Å²) >= 11 is 0. The first-order valence-electron chi connectivity index (χ1n) is 7.69. The van der Waals surface area contributed by atoms with E-state index in [1.54, 1.807) is 0 Å². The maximum atomic E-state index is 9.05. The Kier molecular flexibility index (Phi) is 5.69. The number of aliphatic hydroxyl groups excluding tert-OH is 1. The van der Waals surface area contributed by atoms with Gasteiger partial charge in [0.1, 0.15) is 0 Å². The summed E-state index contributed by atoms with van der Waals surface area (Å²) in [7, 11) is 0. The second-order valence-electron chi connectivity index (χ2n) is 6.72. The van der Waals surface area contributed by atoms with Crippen molar-refractivity contribution < 1.29 is 9.52 Å². The second-order valence-corrected chi connectivity index (χ2v) is 6.72. The van der Waals surface area contributed by atoms with Crippen LogP contribution in [-0.2, 0) is 6.54 Å². The fraction of sp³-hybridized carbons (Fsp3) is 0.529. The molecule has 22 heavy (non-hydrogen) atoms. The molecule has 120 valence electrons. The maximum absolute atomic E-state index is 9.05. The molecule has 2 rings (SSSR count). The van der Waals surface area contributed by atoms with Gasteiger partial charge in [0.15, 0.2) is 0 Å². The Balaban J connectivity index is 2.05. The Labute approximate surface area is 132 Å². The van der Waals surface area contributed by atoms with E-state index in [2.05, 4.69) is 35.9 Å². The number of nitrogens with zero attached hydrogens (tertiary/aromatic N) is 3. The van der Waals surface area contributed by atoms with Crippen molar-refractivity contribution in [3.05, 3.63) is 36.2 Å². The quantitative estimate of drug-likeness (QED) is 0.852. The molecule has 5 heteroatoms. The van der Waals surface area contributed by atoms with Gasteiger partial charge >= 0.3 is 0 Å². The average molecular weight is 303 g/mol. The fourth-order valence-corrected chi connectivity index (χ4v) is 2.39. The number of aliphatic hydroxyl groups is 1. The van der Waals surface area contributed by atoms with E-state index in [1.807, 2.05) is 30.3 Å². The van der Waals surface area contributed by atoms with Gasteiger partial charge in [0, 0.05) is 25.3 Å². The zero-order valence-corrected chi connectivity index (χ0v) is 13.6. The third-order valence-electron chi connectivity index (χ3n) is 3.18. The van der Waals surface area contributed by atoms with E-state index in [1.165, 1.54) is 0 Å². The van der Waals surface area contributed by atoms with Crippen molar-refractivity contribution in [1.82, 2.24) is 15.1 Å². The number of benzene rings is 1. The van der Waals surface area contributed by atoms with Crippen LogP contribution in [0.4, 0.5) is 0 Å². The van der Waals surface area contributed by atoms with E-state index in [4.69, 9.17) is 9.52 Å². The number of hydrogen-bond acceptors (Lipinski definition) is 5. The molecule has 0 saturated carbocycles. The van der Waals surface area contributed by atoms with Crippen LogP contribution in [0.3, 0.4) is 0 Å². The summed E-state index contributed by atoms with van der Waals surface area (Å²) in [6, 6.07) is 9.77. The van der Waals surface area contributed by atoms with Gasteiger partial charge in [-0.05, 0) is 24.0 Å². The van der Waals surface area contributed by atoms with Crippen LogP contribution in [0.5, 0.6) is 0 Å². The zero-order valence-electron chi connectivity index (χ0n) is 13.6. The highest BCUT2D eigenvalue weighted by Gasteiger charge is 2.19. The van der Waals surface area contributed by atoms with Crippen molar-refractivity contribution in [2.24, 2.45) is 5.41 Å². The molecule has 0 aliphatic rings. The lowest BCUT2D eigenvalue weighted by Crippen LogP contribution is -2.33. The lowest BCUT2D eigenvalue weighted by atomic mass is 9.96. The molecule has 0 fully saturated rings. The molecule has 0 saturated heterocycles. The minimum Gasteiger partial charge on any atom is -0.419 e. The Hall–Kier alpha value is -1.72. The Bertz CT molecular complexity index is 561. The van der Waals surface area contributed by atoms with Crippen molar-refractivity contribution in [1.29, 1.82) is 0 Å². The second kappa shape index (κ2) is 7.51. The lowest BCUT2D eigenvalue weighted by molar-refractivity contribution is 0.155. The van der Waals surface area contributed by atoms with Gasteiger partial charge in [-0.2, -0.15) is 0 Å². The molecule has 1 heterocycles. The Morgan fingerprint density at radius 3 is 2.50 bits per heavy atom. The summed E-state index contributed by atoms with van der Waals surface area (Å²) in [6.45, 7) is 9.12. The molecule has 1 aromatic carbocycles. The first-order chi connectivity index (χ1) is 10.5. The van der Waals surface area contributed by atoms with E-state index in [9.17, 15) is 0 Å². The van der Waals surface area contributed by atoms with Crippen LogP contribution in [0, 0.1) is 5.41 Å². The average Bonchev–Trinajstić information content (AvgIpc) is 2.93. The molecule has 0 radical (unpaired) electrons. The molecule has 1 N–H and O–H groups in total. The highest BCUT2D eigenvalue weighted by Crippen LogP contribution is 2.20. The molecule has 0 atom stereocenters.